The predicted molar refractivity (Wildman–Crippen MR) is 59.8 cm³/mol. The monoisotopic (exact) mass is 184 g/mol. The minimum atomic E-state index is 0.135. The fourth-order valence-electron chi connectivity index (χ4n) is 1.44. The van der Waals surface area contributed by atoms with E-state index in [4.69, 9.17) is 5.73 Å². The van der Waals surface area contributed by atoms with E-state index in [0.29, 0.717) is 0 Å². The summed E-state index contributed by atoms with van der Waals surface area (Å²) in [5.74, 6) is 0. The zero-order valence-electron chi connectivity index (χ0n) is 9.27. The summed E-state index contributed by atoms with van der Waals surface area (Å²) in [7, 11) is 0. The molecule has 13 heavy (non-hydrogen) atoms. The Balaban J connectivity index is 3.69. The van der Waals surface area contributed by atoms with E-state index in [-0.39, 0.29) is 5.54 Å². The Bertz CT molecular complexity index is 143. The lowest BCUT2D eigenvalue weighted by molar-refractivity contribution is 0.339. The zero-order valence-corrected chi connectivity index (χ0v) is 9.27. The van der Waals surface area contributed by atoms with Crippen LogP contribution in [0.25, 0.3) is 0 Å². The summed E-state index contributed by atoms with van der Waals surface area (Å²) < 4.78 is 0. The van der Waals surface area contributed by atoms with Gasteiger partial charge in [-0.1, -0.05) is 25.5 Å². The van der Waals surface area contributed by atoms with E-state index in [1.165, 1.54) is 6.42 Å². The predicted octanol–water partition coefficient (Wildman–Crippen LogP) is 2.06. The lowest BCUT2D eigenvalue weighted by Gasteiger charge is -2.29. The Morgan fingerprint density at radius 3 is 2.62 bits per heavy atom. The number of hydrogen-bond donors (Lipinski definition) is 2. The quantitative estimate of drug-likeness (QED) is 0.469. The molecule has 0 spiro atoms. The molecular formula is C11H24N2. The molecule has 3 N–H and O–H groups in total. The van der Waals surface area contributed by atoms with Gasteiger partial charge in [-0.05, 0) is 33.2 Å². The molecule has 0 radical (unpaired) electrons. The summed E-state index contributed by atoms with van der Waals surface area (Å²) in [6.45, 7) is 8.19. The smallest absolute Gasteiger partial charge is 0.0275 e. The number of nitrogens with one attached hydrogen (secondary N) is 1. The summed E-state index contributed by atoms with van der Waals surface area (Å²) >= 11 is 0. The Kier molecular flexibility index (Phi) is 6.92. The van der Waals surface area contributed by atoms with Gasteiger partial charge >= 0.3 is 0 Å². The fourth-order valence-corrected chi connectivity index (χ4v) is 1.44. The van der Waals surface area contributed by atoms with Gasteiger partial charge in [0.05, 0.1) is 0 Å². The molecule has 0 aliphatic heterocycles. The maximum Gasteiger partial charge on any atom is 0.0275 e. The average Bonchev–Trinajstić information content (AvgIpc) is 2.13. The van der Waals surface area contributed by atoms with Crippen LogP contribution in [0.1, 0.15) is 40.0 Å². The second-order valence-corrected chi connectivity index (χ2v) is 3.80. The Hall–Kier alpha value is -0.340. The number of hydrogen-bond acceptors (Lipinski definition) is 2. The molecule has 0 saturated heterocycles. The van der Waals surface area contributed by atoms with Crippen molar-refractivity contribution >= 4 is 0 Å². The van der Waals surface area contributed by atoms with E-state index in [1.54, 1.807) is 0 Å². The maximum atomic E-state index is 5.73. The van der Waals surface area contributed by atoms with E-state index < -0.39 is 0 Å². The molecule has 0 heterocycles. The van der Waals surface area contributed by atoms with Gasteiger partial charge in [0.2, 0.25) is 0 Å². The molecule has 0 saturated carbocycles. The van der Waals surface area contributed by atoms with Gasteiger partial charge in [0.25, 0.3) is 0 Å². The number of allylic oxidation sites excluding steroid dienone is 1. The first-order valence-corrected chi connectivity index (χ1v) is 5.24. The van der Waals surface area contributed by atoms with Crippen LogP contribution in [-0.4, -0.2) is 18.6 Å². The molecule has 0 fully saturated rings. The van der Waals surface area contributed by atoms with Crippen LogP contribution in [0.3, 0.4) is 0 Å². The van der Waals surface area contributed by atoms with E-state index in [0.717, 1.165) is 25.9 Å². The van der Waals surface area contributed by atoms with Gasteiger partial charge in [0, 0.05) is 12.1 Å². The molecule has 1 atom stereocenters. The van der Waals surface area contributed by atoms with Crippen molar-refractivity contribution < 1.29 is 0 Å². The van der Waals surface area contributed by atoms with Crippen LogP contribution < -0.4 is 11.1 Å². The maximum absolute atomic E-state index is 5.73. The SMILES string of the molecule is C/C=C/CCNC(C)(CN)CCC. The van der Waals surface area contributed by atoms with E-state index in [2.05, 4.69) is 31.3 Å². The third-order valence-electron chi connectivity index (χ3n) is 2.35. The van der Waals surface area contributed by atoms with Crippen molar-refractivity contribution in [2.45, 2.75) is 45.6 Å². The van der Waals surface area contributed by atoms with Crippen LogP contribution in [0.4, 0.5) is 0 Å². The van der Waals surface area contributed by atoms with Gasteiger partial charge in [-0.25, -0.2) is 0 Å². The first-order valence-electron chi connectivity index (χ1n) is 5.24. The second-order valence-electron chi connectivity index (χ2n) is 3.80. The summed E-state index contributed by atoms with van der Waals surface area (Å²) in [4.78, 5) is 0. The fraction of sp³-hybridized carbons (Fsp3) is 0.818. The first-order chi connectivity index (χ1) is 6.18. The highest BCUT2D eigenvalue weighted by Crippen LogP contribution is 2.09. The molecule has 0 aliphatic carbocycles. The topological polar surface area (TPSA) is 38.0 Å². The highest BCUT2D eigenvalue weighted by Gasteiger charge is 2.19. The van der Waals surface area contributed by atoms with E-state index in [1.807, 2.05) is 6.92 Å². The summed E-state index contributed by atoms with van der Waals surface area (Å²) in [6, 6.07) is 0. The van der Waals surface area contributed by atoms with Gasteiger partial charge in [-0.3, -0.25) is 0 Å². The molecule has 0 amide bonds. The summed E-state index contributed by atoms with van der Waals surface area (Å²) in [5, 5.41) is 3.51. The van der Waals surface area contributed by atoms with Crippen LogP contribution in [0.15, 0.2) is 12.2 Å². The molecular weight excluding hydrogens is 160 g/mol. The number of nitrogens with two attached hydrogens (primary N) is 1. The minimum absolute atomic E-state index is 0.135. The van der Waals surface area contributed by atoms with Gasteiger partial charge in [-0.15, -0.1) is 0 Å². The lowest BCUT2D eigenvalue weighted by atomic mass is 9.96. The molecule has 0 aromatic heterocycles. The van der Waals surface area contributed by atoms with Crippen molar-refractivity contribution in [1.29, 1.82) is 0 Å². The molecule has 0 rings (SSSR count). The largest absolute Gasteiger partial charge is 0.329 e. The third kappa shape index (κ3) is 5.83. The second kappa shape index (κ2) is 7.10. The third-order valence-corrected chi connectivity index (χ3v) is 2.35. The summed E-state index contributed by atoms with van der Waals surface area (Å²) in [6.07, 6.45) is 7.69. The molecule has 2 heteroatoms. The van der Waals surface area contributed by atoms with Crippen LogP contribution >= 0.6 is 0 Å². The Labute approximate surface area is 82.6 Å². The average molecular weight is 184 g/mol. The van der Waals surface area contributed by atoms with Crippen LogP contribution in [0.5, 0.6) is 0 Å². The molecule has 0 aromatic carbocycles. The van der Waals surface area contributed by atoms with Crippen molar-refractivity contribution in [3.8, 4) is 0 Å². The summed E-state index contributed by atoms with van der Waals surface area (Å²) in [5.41, 5.74) is 5.86. The van der Waals surface area contributed by atoms with Crippen LogP contribution in [0.2, 0.25) is 0 Å². The Morgan fingerprint density at radius 1 is 1.46 bits per heavy atom. The normalized spacial score (nSPS) is 16.3. The molecule has 1 unspecified atom stereocenters. The van der Waals surface area contributed by atoms with Crippen molar-refractivity contribution in [2.75, 3.05) is 13.1 Å². The van der Waals surface area contributed by atoms with Crippen LogP contribution in [0, 0.1) is 0 Å². The van der Waals surface area contributed by atoms with Gasteiger partial charge < -0.3 is 11.1 Å². The standard InChI is InChI=1S/C11H24N2/c1-4-6-7-9-13-11(3,10-12)8-5-2/h4,6,13H,5,7-10,12H2,1-3H3/b6-4+. The number of rotatable bonds is 7. The highest BCUT2D eigenvalue weighted by atomic mass is 15.0. The molecule has 2 nitrogen and oxygen atoms in total. The molecule has 78 valence electrons. The van der Waals surface area contributed by atoms with Gasteiger partial charge in [0.15, 0.2) is 0 Å². The molecule has 0 aliphatic rings. The first kappa shape index (κ1) is 12.7. The van der Waals surface area contributed by atoms with Gasteiger partial charge in [-0.2, -0.15) is 0 Å². The van der Waals surface area contributed by atoms with Crippen molar-refractivity contribution in [2.24, 2.45) is 5.73 Å². The van der Waals surface area contributed by atoms with E-state index in [9.17, 15) is 0 Å². The van der Waals surface area contributed by atoms with Crippen LogP contribution in [-0.2, 0) is 0 Å². The molecule has 0 bridgehead atoms. The van der Waals surface area contributed by atoms with Crippen molar-refractivity contribution in [3.63, 3.8) is 0 Å². The minimum Gasteiger partial charge on any atom is -0.329 e. The van der Waals surface area contributed by atoms with Gasteiger partial charge in [0.1, 0.15) is 0 Å². The highest BCUT2D eigenvalue weighted by molar-refractivity contribution is 4.85. The van der Waals surface area contributed by atoms with E-state index >= 15 is 0 Å². The van der Waals surface area contributed by atoms with Crippen molar-refractivity contribution in [3.05, 3.63) is 12.2 Å². The Morgan fingerprint density at radius 2 is 2.15 bits per heavy atom. The lowest BCUT2D eigenvalue weighted by Crippen LogP contribution is -2.48. The molecule has 0 aromatic rings. The zero-order chi connectivity index (χ0) is 10.2. The van der Waals surface area contributed by atoms with Crippen molar-refractivity contribution in [1.82, 2.24) is 5.32 Å².